The first kappa shape index (κ1) is 16.0. The van der Waals surface area contributed by atoms with Crippen molar-refractivity contribution in [2.75, 3.05) is 13.2 Å². The number of carbonyl (C=O) groups is 2. The van der Waals surface area contributed by atoms with Crippen molar-refractivity contribution < 1.29 is 19.1 Å². The van der Waals surface area contributed by atoms with Crippen LogP contribution in [-0.4, -0.2) is 34.4 Å². The molecule has 0 saturated carbocycles. The summed E-state index contributed by atoms with van der Waals surface area (Å²) in [6.07, 6.45) is 1.95. The molecule has 118 valence electrons. The highest BCUT2D eigenvalue weighted by Gasteiger charge is 2.19. The molecule has 0 aliphatic rings. The van der Waals surface area contributed by atoms with Crippen LogP contribution in [0.5, 0.6) is 5.75 Å². The molecule has 0 aliphatic heterocycles. The molecule has 0 unspecified atom stereocenters. The van der Waals surface area contributed by atoms with E-state index >= 15 is 0 Å². The molecule has 6 heteroatoms. The number of hydrogen-bond acceptors (Lipinski definition) is 5. The molecular weight excluding hydrogens is 284 g/mol. The van der Waals surface area contributed by atoms with E-state index in [9.17, 15) is 9.59 Å². The quantitative estimate of drug-likeness (QED) is 0.581. The van der Waals surface area contributed by atoms with E-state index in [1.54, 1.807) is 30.5 Å². The van der Waals surface area contributed by atoms with Gasteiger partial charge in [0, 0.05) is 12.6 Å². The highest BCUT2D eigenvalue weighted by molar-refractivity contribution is 5.98. The number of rotatable bonds is 7. The molecule has 0 atom stereocenters. The van der Waals surface area contributed by atoms with Crippen molar-refractivity contribution in [2.45, 2.75) is 33.6 Å². The van der Waals surface area contributed by atoms with Crippen LogP contribution in [0, 0.1) is 6.92 Å². The SMILES string of the molecule is CCOC(=O)CCC(=O)c1c(C)nc2c(OCC)cccn12. The normalized spacial score (nSPS) is 10.7. The zero-order valence-electron chi connectivity index (χ0n) is 13.1. The number of Topliss-reactive ketones (excluding diaryl/α,β-unsaturated/α-hetero) is 1. The topological polar surface area (TPSA) is 69.9 Å². The molecule has 2 rings (SSSR count). The molecule has 2 heterocycles. The van der Waals surface area contributed by atoms with E-state index in [4.69, 9.17) is 9.47 Å². The third-order valence-corrected chi connectivity index (χ3v) is 3.21. The number of carbonyl (C=O) groups excluding carboxylic acids is 2. The lowest BCUT2D eigenvalue weighted by atomic mass is 10.1. The molecular formula is C16H20N2O4. The second-order valence-electron chi connectivity index (χ2n) is 4.77. The highest BCUT2D eigenvalue weighted by Crippen LogP contribution is 2.23. The maximum absolute atomic E-state index is 12.4. The zero-order chi connectivity index (χ0) is 16.1. The number of esters is 1. The van der Waals surface area contributed by atoms with E-state index in [1.807, 2.05) is 13.0 Å². The van der Waals surface area contributed by atoms with E-state index in [-0.39, 0.29) is 24.6 Å². The Hall–Kier alpha value is -2.37. The zero-order valence-corrected chi connectivity index (χ0v) is 13.1. The summed E-state index contributed by atoms with van der Waals surface area (Å²) in [6.45, 7) is 6.26. The van der Waals surface area contributed by atoms with E-state index in [2.05, 4.69) is 4.98 Å². The average molecular weight is 304 g/mol. The number of pyridine rings is 1. The first-order valence-corrected chi connectivity index (χ1v) is 7.37. The smallest absolute Gasteiger partial charge is 0.306 e. The molecule has 0 saturated heterocycles. The highest BCUT2D eigenvalue weighted by atomic mass is 16.5. The van der Waals surface area contributed by atoms with Gasteiger partial charge in [-0.05, 0) is 32.9 Å². The van der Waals surface area contributed by atoms with Crippen molar-refractivity contribution in [1.82, 2.24) is 9.38 Å². The Bertz CT molecular complexity index is 691. The minimum atomic E-state index is -0.364. The van der Waals surface area contributed by atoms with Gasteiger partial charge in [0.2, 0.25) is 0 Å². The number of imidazole rings is 1. The third kappa shape index (κ3) is 3.27. The fourth-order valence-electron chi connectivity index (χ4n) is 2.33. The van der Waals surface area contributed by atoms with Gasteiger partial charge in [0.1, 0.15) is 5.69 Å². The molecule has 0 fully saturated rings. The summed E-state index contributed by atoms with van der Waals surface area (Å²) in [5.41, 5.74) is 1.73. The first-order valence-electron chi connectivity index (χ1n) is 7.37. The second-order valence-corrected chi connectivity index (χ2v) is 4.77. The lowest BCUT2D eigenvalue weighted by Gasteiger charge is -2.06. The van der Waals surface area contributed by atoms with Crippen molar-refractivity contribution in [1.29, 1.82) is 0 Å². The second kappa shape index (κ2) is 7.06. The Balaban J connectivity index is 2.27. The number of aryl methyl sites for hydroxylation is 1. The summed E-state index contributed by atoms with van der Waals surface area (Å²) in [6, 6.07) is 3.62. The molecule has 6 nitrogen and oxygen atoms in total. The molecule has 0 aromatic carbocycles. The number of fused-ring (bicyclic) bond motifs is 1. The minimum absolute atomic E-state index is 0.0739. The number of hydrogen-bond donors (Lipinski definition) is 0. The van der Waals surface area contributed by atoms with Crippen LogP contribution in [0.1, 0.15) is 42.9 Å². The van der Waals surface area contributed by atoms with Crippen LogP contribution in [-0.2, 0) is 9.53 Å². The van der Waals surface area contributed by atoms with Gasteiger partial charge in [-0.25, -0.2) is 4.98 Å². The maximum Gasteiger partial charge on any atom is 0.306 e. The van der Waals surface area contributed by atoms with Crippen molar-refractivity contribution in [2.24, 2.45) is 0 Å². The largest absolute Gasteiger partial charge is 0.490 e. The molecule has 2 aromatic heterocycles. The van der Waals surface area contributed by atoms with Gasteiger partial charge in [-0.3, -0.25) is 14.0 Å². The van der Waals surface area contributed by atoms with Crippen LogP contribution in [0.3, 0.4) is 0 Å². The number of ether oxygens (including phenoxy) is 2. The molecule has 0 aliphatic carbocycles. The molecule has 0 bridgehead atoms. The van der Waals surface area contributed by atoms with Crippen molar-refractivity contribution in [3.63, 3.8) is 0 Å². The van der Waals surface area contributed by atoms with E-state index < -0.39 is 0 Å². The Morgan fingerprint density at radius 1 is 1.23 bits per heavy atom. The van der Waals surface area contributed by atoms with Gasteiger partial charge in [0.15, 0.2) is 17.2 Å². The van der Waals surface area contributed by atoms with Crippen LogP contribution < -0.4 is 4.74 Å². The number of aromatic nitrogens is 2. The van der Waals surface area contributed by atoms with Gasteiger partial charge in [-0.15, -0.1) is 0 Å². The Morgan fingerprint density at radius 2 is 2.00 bits per heavy atom. The molecule has 22 heavy (non-hydrogen) atoms. The standard InChI is InChI=1S/C16H20N2O4/c1-4-21-13-7-6-10-18-15(11(3)17-16(13)18)12(19)8-9-14(20)22-5-2/h6-7,10H,4-5,8-9H2,1-3H3. The van der Waals surface area contributed by atoms with Crippen LogP contribution in [0.2, 0.25) is 0 Å². The number of ketones is 1. The Labute approximate surface area is 129 Å². The first-order chi connectivity index (χ1) is 10.6. The fourth-order valence-corrected chi connectivity index (χ4v) is 2.33. The van der Waals surface area contributed by atoms with Crippen molar-refractivity contribution >= 4 is 17.4 Å². The number of nitrogens with zero attached hydrogens (tertiary/aromatic N) is 2. The van der Waals surface area contributed by atoms with E-state index in [1.165, 1.54) is 0 Å². The van der Waals surface area contributed by atoms with Crippen LogP contribution in [0.25, 0.3) is 5.65 Å². The van der Waals surface area contributed by atoms with Gasteiger partial charge in [0.25, 0.3) is 0 Å². The Morgan fingerprint density at radius 3 is 2.68 bits per heavy atom. The monoisotopic (exact) mass is 304 g/mol. The van der Waals surface area contributed by atoms with Crippen molar-refractivity contribution in [3.8, 4) is 5.75 Å². The fraction of sp³-hybridized carbons (Fsp3) is 0.438. The average Bonchev–Trinajstić information content (AvgIpc) is 2.83. The van der Waals surface area contributed by atoms with E-state index in [0.717, 1.165) is 0 Å². The van der Waals surface area contributed by atoms with Crippen LogP contribution in [0.15, 0.2) is 18.3 Å². The van der Waals surface area contributed by atoms with E-state index in [0.29, 0.717) is 36.0 Å². The predicted molar refractivity (Wildman–Crippen MR) is 81.3 cm³/mol. The van der Waals surface area contributed by atoms with Gasteiger partial charge < -0.3 is 9.47 Å². The molecule has 0 amide bonds. The molecule has 0 spiro atoms. The molecule has 0 radical (unpaired) electrons. The van der Waals surface area contributed by atoms with Crippen LogP contribution in [0.4, 0.5) is 0 Å². The van der Waals surface area contributed by atoms with Gasteiger partial charge in [-0.2, -0.15) is 0 Å². The minimum Gasteiger partial charge on any atom is -0.490 e. The maximum atomic E-state index is 12.4. The van der Waals surface area contributed by atoms with Crippen molar-refractivity contribution in [3.05, 3.63) is 29.7 Å². The summed E-state index contributed by atoms with van der Waals surface area (Å²) >= 11 is 0. The summed E-state index contributed by atoms with van der Waals surface area (Å²) in [7, 11) is 0. The summed E-state index contributed by atoms with van der Waals surface area (Å²) < 4.78 is 12.1. The summed E-state index contributed by atoms with van der Waals surface area (Å²) in [5.74, 6) is 0.140. The molecule has 2 aromatic rings. The summed E-state index contributed by atoms with van der Waals surface area (Å²) in [5, 5.41) is 0. The third-order valence-electron chi connectivity index (χ3n) is 3.21. The predicted octanol–water partition coefficient (Wildman–Crippen LogP) is 2.57. The summed E-state index contributed by atoms with van der Waals surface area (Å²) in [4.78, 5) is 28.2. The van der Waals surface area contributed by atoms with Gasteiger partial charge >= 0.3 is 5.97 Å². The van der Waals surface area contributed by atoms with Crippen LogP contribution >= 0.6 is 0 Å². The van der Waals surface area contributed by atoms with Gasteiger partial charge in [0.05, 0.1) is 25.3 Å². The molecule has 0 N–H and O–H groups in total. The lowest BCUT2D eigenvalue weighted by molar-refractivity contribution is -0.143. The lowest BCUT2D eigenvalue weighted by Crippen LogP contribution is -2.10. The van der Waals surface area contributed by atoms with Gasteiger partial charge in [-0.1, -0.05) is 0 Å². The Kier molecular flexibility index (Phi) is 5.14.